The van der Waals surface area contributed by atoms with Crippen molar-refractivity contribution in [3.05, 3.63) is 52.4 Å². The van der Waals surface area contributed by atoms with Crippen LogP contribution in [0, 0.1) is 6.92 Å². The first-order valence-electron chi connectivity index (χ1n) is 5.32. The molecule has 0 unspecified atom stereocenters. The molecule has 1 amide bonds. The summed E-state index contributed by atoms with van der Waals surface area (Å²) in [7, 11) is 0. The number of benzene rings is 1. The van der Waals surface area contributed by atoms with Crippen molar-refractivity contribution in [3.8, 4) is 0 Å². The molecule has 0 atom stereocenters. The third-order valence-electron chi connectivity index (χ3n) is 2.47. The summed E-state index contributed by atoms with van der Waals surface area (Å²) >= 11 is 11.6. The highest BCUT2D eigenvalue weighted by molar-refractivity contribution is 6.30. The Hall–Kier alpha value is -1.45. The second-order valence-corrected chi connectivity index (χ2v) is 4.49. The lowest BCUT2D eigenvalue weighted by molar-refractivity contribution is 0.0995. The van der Waals surface area contributed by atoms with Gasteiger partial charge in [0.1, 0.15) is 5.76 Å². The number of alkyl halides is 1. The second-order valence-electron chi connectivity index (χ2n) is 3.79. The molecule has 94 valence electrons. The maximum Gasteiger partial charge on any atom is 0.291 e. The topological polar surface area (TPSA) is 42.2 Å². The first-order chi connectivity index (χ1) is 8.60. The van der Waals surface area contributed by atoms with Gasteiger partial charge in [-0.1, -0.05) is 17.7 Å². The molecule has 0 aliphatic rings. The zero-order valence-electron chi connectivity index (χ0n) is 9.67. The van der Waals surface area contributed by atoms with E-state index in [4.69, 9.17) is 27.6 Å². The molecule has 0 spiro atoms. The van der Waals surface area contributed by atoms with Gasteiger partial charge in [-0.05, 0) is 31.2 Å². The van der Waals surface area contributed by atoms with Crippen LogP contribution >= 0.6 is 23.2 Å². The van der Waals surface area contributed by atoms with Crippen LogP contribution in [0.5, 0.6) is 0 Å². The monoisotopic (exact) mass is 283 g/mol. The van der Waals surface area contributed by atoms with Crippen molar-refractivity contribution in [2.24, 2.45) is 0 Å². The summed E-state index contributed by atoms with van der Waals surface area (Å²) in [5.74, 6) is 0.890. The number of carbonyl (C=O) groups is 1. The zero-order chi connectivity index (χ0) is 13.1. The van der Waals surface area contributed by atoms with E-state index in [2.05, 4.69) is 5.32 Å². The number of furan rings is 1. The van der Waals surface area contributed by atoms with E-state index in [1.807, 2.05) is 0 Å². The van der Waals surface area contributed by atoms with Crippen LogP contribution in [0.3, 0.4) is 0 Å². The van der Waals surface area contributed by atoms with E-state index < -0.39 is 0 Å². The molecule has 5 heteroatoms. The van der Waals surface area contributed by atoms with Gasteiger partial charge in [-0.3, -0.25) is 4.79 Å². The number of amides is 1. The number of aryl methyl sites for hydroxylation is 1. The summed E-state index contributed by atoms with van der Waals surface area (Å²) in [4.78, 5) is 11.9. The molecular weight excluding hydrogens is 273 g/mol. The molecule has 3 nitrogen and oxygen atoms in total. The zero-order valence-corrected chi connectivity index (χ0v) is 11.2. The fourth-order valence-corrected chi connectivity index (χ4v) is 1.98. The molecule has 1 N–H and O–H groups in total. The molecule has 0 saturated carbocycles. The number of carbonyl (C=O) groups excluding carboxylic acids is 1. The van der Waals surface area contributed by atoms with E-state index in [9.17, 15) is 4.79 Å². The Morgan fingerprint density at radius 1 is 1.39 bits per heavy atom. The average Bonchev–Trinajstić information content (AvgIpc) is 2.70. The standard InChI is InChI=1S/C13H11Cl2NO2/c1-8-9(7-14)5-12(18-8)13(17)16-11-4-2-3-10(15)6-11/h2-6H,7H2,1H3,(H,16,17). The lowest BCUT2D eigenvalue weighted by atomic mass is 10.2. The molecule has 0 aliphatic carbocycles. The molecule has 1 heterocycles. The van der Waals surface area contributed by atoms with Gasteiger partial charge in [-0.25, -0.2) is 0 Å². The van der Waals surface area contributed by atoms with Gasteiger partial charge in [-0.15, -0.1) is 11.6 Å². The molecule has 2 aromatic rings. The molecule has 1 aromatic heterocycles. The van der Waals surface area contributed by atoms with Gasteiger partial charge >= 0.3 is 0 Å². The molecule has 0 aliphatic heterocycles. The minimum atomic E-state index is -0.322. The molecule has 0 saturated heterocycles. The first-order valence-corrected chi connectivity index (χ1v) is 6.23. The largest absolute Gasteiger partial charge is 0.456 e. The number of anilines is 1. The summed E-state index contributed by atoms with van der Waals surface area (Å²) in [6.07, 6.45) is 0. The van der Waals surface area contributed by atoms with Crippen LogP contribution in [0.15, 0.2) is 34.7 Å². The Morgan fingerprint density at radius 2 is 2.17 bits per heavy atom. The Labute approximate surface area is 115 Å². The van der Waals surface area contributed by atoms with E-state index in [0.717, 1.165) is 5.56 Å². The van der Waals surface area contributed by atoms with Gasteiger partial charge in [-0.2, -0.15) is 0 Å². The molecular formula is C13H11Cl2NO2. The third-order valence-corrected chi connectivity index (χ3v) is 2.99. The molecule has 0 radical (unpaired) electrons. The Kier molecular flexibility index (Phi) is 3.94. The summed E-state index contributed by atoms with van der Waals surface area (Å²) in [5.41, 5.74) is 1.43. The van der Waals surface area contributed by atoms with Crippen LogP contribution in [-0.4, -0.2) is 5.91 Å². The Bertz CT molecular complexity index is 578. The fraction of sp³-hybridized carbons (Fsp3) is 0.154. The molecule has 0 fully saturated rings. The van der Waals surface area contributed by atoms with E-state index in [0.29, 0.717) is 22.4 Å². The van der Waals surface area contributed by atoms with Crippen molar-refractivity contribution >= 4 is 34.8 Å². The van der Waals surface area contributed by atoms with Crippen molar-refractivity contribution in [1.29, 1.82) is 0 Å². The maximum atomic E-state index is 11.9. The number of halogens is 2. The molecule has 0 bridgehead atoms. The van der Waals surface area contributed by atoms with Crippen molar-refractivity contribution in [2.75, 3.05) is 5.32 Å². The van der Waals surface area contributed by atoms with E-state index in [1.165, 1.54) is 0 Å². The van der Waals surface area contributed by atoms with E-state index in [1.54, 1.807) is 37.3 Å². The number of hydrogen-bond acceptors (Lipinski definition) is 2. The molecule has 1 aromatic carbocycles. The van der Waals surface area contributed by atoms with Crippen molar-refractivity contribution < 1.29 is 9.21 Å². The smallest absolute Gasteiger partial charge is 0.291 e. The van der Waals surface area contributed by atoms with Crippen LogP contribution in [0.2, 0.25) is 5.02 Å². The van der Waals surface area contributed by atoms with Crippen LogP contribution in [-0.2, 0) is 5.88 Å². The van der Waals surface area contributed by atoms with E-state index >= 15 is 0 Å². The highest BCUT2D eigenvalue weighted by Gasteiger charge is 2.14. The lowest BCUT2D eigenvalue weighted by Gasteiger charge is -2.02. The van der Waals surface area contributed by atoms with Crippen LogP contribution in [0.4, 0.5) is 5.69 Å². The van der Waals surface area contributed by atoms with Crippen LogP contribution < -0.4 is 5.32 Å². The Morgan fingerprint density at radius 3 is 2.78 bits per heavy atom. The van der Waals surface area contributed by atoms with Crippen molar-refractivity contribution in [1.82, 2.24) is 0 Å². The lowest BCUT2D eigenvalue weighted by Crippen LogP contribution is -2.10. The van der Waals surface area contributed by atoms with Gasteiger partial charge in [0.25, 0.3) is 5.91 Å². The number of nitrogens with one attached hydrogen (secondary N) is 1. The molecule has 18 heavy (non-hydrogen) atoms. The molecule has 2 rings (SSSR count). The second kappa shape index (κ2) is 5.46. The van der Waals surface area contributed by atoms with Crippen molar-refractivity contribution in [2.45, 2.75) is 12.8 Å². The summed E-state index contributed by atoms with van der Waals surface area (Å²) in [5, 5.41) is 3.26. The highest BCUT2D eigenvalue weighted by Crippen LogP contribution is 2.19. The van der Waals surface area contributed by atoms with Gasteiger partial charge in [0.15, 0.2) is 5.76 Å². The van der Waals surface area contributed by atoms with Gasteiger partial charge < -0.3 is 9.73 Å². The van der Waals surface area contributed by atoms with Crippen LogP contribution in [0.1, 0.15) is 21.9 Å². The van der Waals surface area contributed by atoms with Crippen LogP contribution in [0.25, 0.3) is 0 Å². The van der Waals surface area contributed by atoms with Crippen molar-refractivity contribution in [3.63, 3.8) is 0 Å². The normalized spacial score (nSPS) is 10.4. The number of rotatable bonds is 3. The predicted molar refractivity (Wildman–Crippen MR) is 72.4 cm³/mol. The Balaban J connectivity index is 2.16. The summed E-state index contributed by atoms with van der Waals surface area (Å²) in [6, 6.07) is 8.55. The summed E-state index contributed by atoms with van der Waals surface area (Å²) < 4.78 is 5.34. The quantitative estimate of drug-likeness (QED) is 0.857. The maximum absolute atomic E-state index is 11.9. The first kappa shape index (κ1) is 13.0. The fourth-order valence-electron chi connectivity index (χ4n) is 1.52. The van der Waals surface area contributed by atoms with Gasteiger partial charge in [0.05, 0.1) is 5.88 Å². The SMILES string of the molecule is Cc1oc(C(=O)Nc2cccc(Cl)c2)cc1CCl. The summed E-state index contributed by atoms with van der Waals surface area (Å²) in [6.45, 7) is 1.77. The average molecular weight is 284 g/mol. The minimum absolute atomic E-state index is 0.239. The third kappa shape index (κ3) is 2.86. The van der Waals surface area contributed by atoms with Gasteiger partial charge in [0.2, 0.25) is 0 Å². The van der Waals surface area contributed by atoms with Gasteiger partial charge in [0, 0.05) is 16.3 Å². The predicted octanol–water partition coefficient (Wildman–Crippen LogP) is 4.23. The highest BCUT2D eigenvalue weighted by atomic mass is 35.5. The minimum Gasteiger partial charge on any atom is -0.456 e. The number of hydrogen-bond donors (Lipinski definition) is 1. The van der Waals surface area contributed by atoms with E-state index in [-0.39, 0.29) is 11.7 Å².